The Balaban J connectivity index is 3.28. The molecule has 0 amide bonds. The van der Waals surface area contributed by atoms with Gasteiger partial charge in [0.25, 0.3) is 0 Å². The van der Waals surface area contributed by atoms with Gasteiger partial charge in [0.2, 0.25) is 5.82 Å². The summed E-state index contributed by atoms with van der Waals surface area (Å²) in [6, 6.07) is 1.62. The normalized spacial score (nSPS) is 12.1. The summed E-state index contributed by atoms with van der Waals surface area (Å²) in [4.78, 5) is 9.12. The summed E-state index contributed by atoms with van der Waals surface area (Å²) in [5.74, 6) is -0.286. The molecule has 0 saturated heterocycles. The van der Waals surface area contributed by atoms with Crippen LogP contribution in [0.5, 0.6) is 0 Å². The van der Waals surface area contributed by atoms with E-state index in [1.165, 1.54) is 0 Å². The van der Waals surface area contributed by atoms with E-state index in [-0.39, 0.29) is 11.9 Å². The molecule has 1 N–H and O–H groups in total. The van der Waals surface area contributed by atoms with Gasteiger partial charge in [0.15, 0.2) is 0 Å². The van der Waals surface area contributed by atoms with E-state index in [0.29, 0.717) is 24.8 Å². The molecule has 4 nitrogen and oxygen atoms in total. The molecule has 0 spiro atoms. The van der Waals surface area contributed by atoms with E-state index < -0.39 is 12.0 Å². The average molecular weight is 304 g/mol. The molecule has 0 saturated carbocycles. The van der Waals surface area contributed by atoms with Crippen LogP contribution in [-0.2, 0) is 6.18 Å². The standard InChI is InChI=1S/C14H23F3N4/c1-6-18-11-7-12(20-13(19-11)14(15,16)17)21(10(4)5)8-9(2)3/h7,9-10H,6,8H2,1-5H3,(H,18,19,20). The fraction of sp³-hybridized carbons (Fsp3) is 0.714. The molecule has 1 aromatic rings. The Morgan fingerprint density at radius 3 is 2.24 bits per heavy atom. The fourth-order valence-electron chi connectivity index (χ4n) is 1.94. The number of alkyl halides is 3. The number of hydrogen-bond acceptors (Lipinski definition) is 4. The van der Waals surface area contributed by atoms with Crippen LogP contribution in [0.25, 0.3) is 0 Å². The third-order valence-corrected chi connectivity index (χ3v) is 2.80. The third-order valence-electron chi connectivity index (χ3n) is 2.80. The van der Waals surface area contributed by atoms with Gasteiger partial charge in [0, 0.05) is 25.2 Å². The highest BCUT2D eigenvalue weighted by atomic mass is 19.4. The molecule has 1 rings (SSSR count). The van der Waals surface area contributed by atoms with Crippen molar-refractivity contribution in [3.05, 3.63) is 11.9 Å². The van der Waals surface area contributed by atoms with Gasteiger partial charge in [-0.25, -0.2) is 9.97 Å². The molecule has 7 heteroatoms. The highest BCUT2D eigenvalue weighted by molar-refractivity contribution is 5.50. The molecular formula is C14H23F3N4. The predicted molar refractivity (Wildman–Crippen MR) is 78.5 cm³/mol. The molecule has 0 fully saturated rings. The minimum Gasteiger partial charge on any atom is -0.370 e. The zero-order valence-electron chi connectivity index (χ0n) is 13.1. The van der Waals surface area contributed by atoms with Crippen LogP contribution in [0, 0.1) is 5.92 Å². The second-order valence-corrected chi connectivity index (χ2v) is 5.60. The van der Waals surface area contributed by atoms with Crippen molar-refractivity contribution in [2.45, 2.75) is 46.8 Å². The van der Waals surface area contributed by atoms with Gasteiger partial charge >= 0.3 is 6.18 Å². The number of nitrogens with one attached hydrogen (secondary N) is 1. The Labute approximate surface area is 123 Å². The maximum absolute atomic E-state index is 12.9. The Morgan fingerprint density at radius 1 is 1.19 bits per heavy atom. The number of anilines is 2. The third kappa shape index (κ3) is 5.06. The van der Waals surface area contributed by atoms with E-state index in [1.807, 2.05) is 39.5 Å². The second-order valence-electron chi connectivity index (χ2n) is 5.60. The SMILES string of the molecule is CCNc1cc(N(CC(C)C)C(C)C)nc(C(F)(F)F)n1. The van der Waals surface area contributed by atoms with E-state index >= 15 is 0 Å². The van der Waals surface area contributed by atoms with Gasteiger partial charge in [-0.1, -0.05) is 13.8 Å². The maximum Gasteiger partial charge on any atom is 0.451 e. The van der Waals surface area contributed by atoms with Crippen molar-refractivity contribution in [3.8, 4) is 0 Å². The first-order valence-corrected chi connectivity index (χ1v) is 7.12. The lowest BCUT2D eigenvalue weighted by Crippen LogP contribution is -2.35. The monoisotopic (exact) mass is 304 g/mol. The largest absolute Gasteiger partial charge is 0.451 e. The van der Waals surface area contributed by atoms with Crippen LogP contribution in [0.3, 0.4) is 0 Å². The van der Waals surface area contributed by atoms with Crippen LogP contribution < -0.4 is 10.2 Å². The minimum absolute atomic E-state index is 0.0536. The molecule has 0 aromatic carbocycles. The first-order chi connectivity index (χ1) is 9.65. The summed E-state index contributed by atoms with van der Waals surface area (Å²) in [5, 5.41) is 2.83. The van der Waals surface area contributed by atoms with Crippen molar-refractivity contribution in [1.82, 2.24) is 9.97 Å². The second kappa shape index (κ2) is 6.95. The zero-order valence-corrected chi connectivity index (χ0v) is 13.1. The van der Waals surface area contributed by atoms with Gasteiger partial charge in [-0.05, 0) is 26.7 Å². The molecule has 21 heavy (non-hydrogen) atoms. The Bertz CT molecular complexity index is 458. The highest BCUT2D eigenvalue weighted by Gasteiger charge is 2.36. The van der Waals surface area contributed by atoms with E-state index in [0.717, 1.165) is 0 Å². The van der Waals surface area contributed by atoms with Gasteiger partial charge in [0.1, 0.15) is 11.6 Å². The molecular weight excluding hydrogens is 281 g/mol. The summed E-state index contributed by atoms with van der Waals surface area (Å²) in [6.07, 6.45) is -4.55. The molecule has 1 heterocycles. The predicted octanol–water partition coefficient (Wildman–Crippen LogP) is 3.80. The zero-order chi connectivity index (χ0) is 16.2. The maximum atomic E-state index is 12.9. The van der Waals surface area contributed by atoms with Crippen LogP contribution in [0.15, 0.2) is 6.07 Å². The van der Waals surface area contributed by atoms with E-state index in [1.54, 1.807) is 6.07 Å². The molecule has 0 aliphatic carbocycles. The first-order valence-electron chi connectivity index (χ1n) is 7.12. The van der Waals surface area contributed by atoms with Gasteiger partial charge in [-0.15, -0.1) is 0 Å². The van der Waals surface area contributed by atoms with Gasteiger partial charge in [-0.2, -0.15) is 13.2 Å². The summed E-state index contributed by atoms with van der Waals surface area (Å²) >= 11 is 0. The van der Waals surface area contributed by atoms with Gasteiger partial charge < -0.3 is 10.2 Å². The number of halogens is 3. The molecule has 0 radical (unpaired) electrons. The smallest absolute Gasteiger partial charge is 0.370 e. The van der Waals surface area contributed by atoms with Gasteiger partial charge in [0.05, 0.1) is 0 Å². The lowest BCUT2D eigenvalue weighted by atomic mass is 10.2. The minimum atomic E-state index is -4.55. The summed E-state index contributed by atoms with van der Waals surface area (Å²) in [6.45, 7) is 10.9. The highest BCUT2D eigenvalue weighted by Crippen LogP contribution is 2.30. The van der Waals surface area contributed by atoms with Crippen LogP contribution in [0.2, 0.25) is 0 Å². The van der Waals surface area contributed by atoms with Crippen molar-refractivity contribution < 1.29 is 13.2 Å². The number of rotatable bonds is 6. The molecule has 0 aliphatic rings. The van der Waals surface area contributed by atoms with Crippen LogP contribution in [0.1, 0.15) is 40.4 Å². The van der Waals surface area contributed by atoms with E-state index in [9.17, 15) is 13.2 Å². The molecule has 0 atom stereocenters. The van der Waals surface area contributed by atoms with Gasteiger partial charge in [-0.3, -0.25) is 0 Å². The molecule has 0 bridgehead atoms. The van der Waals surface area contributed by atoms with Crippen molar-refractivity contribution in [2.24, 2.45) is 5.92 Å². The van der Waals surface area contributed by atoms with Crippen LogP contribution in [0.4, 0.5) is 24.8 Å². The Kier molecular flexibility index (Phi) is 5.80. The molecule has 0 unspecified atom stereocenters. The Hall–Kier alpha value is -1.53. The van der Waals surface area contributed by atoms with Crippen LogP contribution in [-0.4, -0.2) is 29.1 Å². The number of aromatic nitrogens is 2. The van der Waals surface area contributed by atoms with Crippen LogP contribution >= 0.6 is 0 Å². The van der Waals surface area contributed by atoms with Crippen molar-refractivity contribution in [3.63, 3.8) is 0 Å². The van der Waals surface area contributed by atoms with Crippen molar-refractivity contribution in [2.75, 3.05) is 23.3 Å². The van der Waals surface area contributed by atoms with E-state index in [2.05, 4.69) is 15.3 Å². The Morgan fingerprint density at radius 2 is 1.81 bits per heavy atom. The van der Waals surface area contributed by atoms with Crippen molar-refractivity contribution >= 4 is 11.6 Å². The number of nitrogens with zero attached hydrogens (tertiary/aromatic N) is 3. The summed E-state index contributed by atoms with van der Waals surface area (Å²) in [7, 11) is 0. The fourth-order valence-corrected chi connectivity index (χ4v) is 1.94. The first kappa shape index (κ1) is 17.5. The molecule has 1 aromatic heterocycles. The average Bonchev–Trinajstić information content (AvgIpc) is 2.34. The van der Waals surface area contributed by atoms with E-state index in [4.69, 9.17) is 0 Å². The lowest BCUT2D eigenvalue weighted by molar-refractivity contribution is -0.144. The quantitative estimate of drug-likeness (QED) is 0.868. The molecule has 0 aliphatic heterocycles. The number of hydrogen-bond donors (Lipinski definition) is 1. The topological polar surface area (TPSA) is 41.0 Å². The molecule has 120 valence electrons. The lowest BCUT2D eigenvalue weighted by Gasteiger charge is -2.30. The summed E-state index contributed by atoms with van der Waals surface area (Å²) < 4.78 is 38.8. The van der Waals surface area contributed by atoms with Crippen molar-refractivity contribution in [1.29, 1.82) is 0 Å². The summed E-state index contributed by atoms with van der Waals surface area (Å²) in [5.41, 5.74) is 0.